The predicted octanol–water partition coefficient (Wildman–Crippen LogP) is 31.7. The van der Waals surface area contributed by atoms with Gasteiger partial charge in [-0.3, -0.25) is 0 Å². The van der Waals surface area contributed by atoms with Crippen molar-refractivity contribution in [1.82, 2.24) is 28.7 Å². The molecule has 0 aliphatic rings. The molecule has 122 heavy (non-hydrogen) atoms. The zero-order valence-electron chi connectivity index (χ0n) is 66.3. The van der Waals surface area contributed by atoms with E-state index >= 15 is 0 Å². The van der Waals surface area contributed by atoms with Gasteiger partial charge in [0.25, 0.3) is 0 Å². The second kappa shape index (κ2) is 27.7. The Morgan fingerprint density at radius 2 is 0.434 bits per heavy atom. The Labute approximate surface area is 700 Å². The Morgan fingerprint density at radius 3 is 0.902 bits per heavy atom. The smallest absolute Gasteiger partial charge is 0.0547 e. The standard InChI is InChI=1S/C44H28N2.C38H24N2.C34H22N2/c1-2-10-33(11-3-1)46-42-17-9-7-14-36(42)39-26-31(22-23-43(39)46)29-18-19-30-25-32(21-20-28(30)24-29)38-27-40-35-13-6-8-16-41(35)45-44(40)37-15-5-4-12-34(37)38;1-2-10-25-21-27(19-17-24(25)9-1)40-36-16-8-6-13-30(36)31-20-18-26(22-37(31)40)33-23-34-29-12-5-7-15-35(29)39-38(34)32-14-4-3-11-28(32)33;1-2-10-23(11-3-1)36-32-17-9-7-14-26(32)27-19-18-22(20-33(27)36)29-21-30-25-13-6-8-16-31(25)35-34(30)28-15-5-4-12-24(28)29/h1-27,45H;1-23,39H;1-21,35H. The van der Waals surface area contributed by atoms with Crippen LogP contribution in [0.4, 0.5) is 0 Å². The lowest BCUT2D eigenvalue weighted by Gasteiger charge is -2.12. The van der Waals surface area contributed by atoms with Crippen molar-refractivity contribution < 1.29 is 0 Å². The van der Waals surface area contributed by atoms with E-state index in [2.05, 4.69) is 459 Å². The summed E-state index contributed by atoms with van der Waals surface area (Å²) in [7, 11) is 0. The normalized spacial score (nSPS) is 11.9. The number of hydrogen-bond donors (Lipinski definition) is 3. The number of nitrogens with one attached hydrogen (secondary N) is 3. The van der Waals surface area contributed by atoms with Crippen LogP contribution in [0.1, 0.15) is 0 Å². The molecule has 0 aliphatic carbocycles. The highest BCUT2D eigenvalue weighted by molar-refractivity contribution is 6.25. The fraction of sp³-hybridized carbons (Fsp3) is 0. The summed E-state index contributed by atoms with van der Waals surface area (Å²) in [6.45, 7) is 0. The van der Waals surface area contributed by atoms with Gasteiger partial charge in [-0.05, 0) is 210 Å². The van der Waals surface area contributed by atoms with Crippen LogP contribution in [0.3, 0.4) is 0 Å². The Morgan fingerprint density at radius 1 is 0.139 bits per heavy atom. The fourth-order valence-electron chi connectivity index (χ4n) is 20.1. The van der Waals surface area contributed by atoms with Crippen molar-refractivity contribution in [2.24, 2.45) is 0 Å². The molecule has 27 rings (SSSR count). The van der Waals surface area contributed by atoms with Crippen LogP contribution in [0.5, 0.6) is 0 Å². The minimum absolute atomic E-state index is 1.17. The predicted molar refractivity (Wildman–Crippen MR) is 520 cm³/mol. The molecule has 0 radical (unpaired) electrons. The second-order valence-corrected chi connectivity index (χ2v) is 32.4. The zero-order chi connectivity index (χ0) is 80.0. The first-order valence-electron chi connectivity index (χ1n) is 42.0. The number of aromatic nitrogens is 6. The van der Waals surface area contributed by atoms with E-state index in [1.807, 2.05) is 0 Å². The molecule has 568 valence electrons. The van der Waals surface area contributed by atoms with Gasteiger partial charge in [0.1, 0.15) is 0 Å². The Bertz CT molecular complexity index is 8970. The van der Waals surface area contributed by atoms with Gasteiger partial charge < -0.3 is 28.7 Å². The Hall–Kier alpha value is -16.3. The van der Waals surface area contributed by atoms with E-state index in [-0.39, 0.29) is 0 Å². The molecule has 0 fully saturated rings. The van der Waals surface area contributed by atoms with Gasteiger partial charge in [0.2, 0.25) is 0 Å². The van der Waals surface area contributed by atoms with E-state index < -0.39 is 0 Å². The van der Waals surface area contributed by atoms with E-state index in [0.29, 0.717) is 0 Å². The van der Waals surface area contributed by atoms with Crippen molar-refractivity contribution >= 4 is 185 Å². The first kappa shape index (κ1) is 68.9. The number of benzene rings is 21. The van der Waals surface area contributed by atoms with Crippen molar-refractivity contribution in [2.45, 2.75) is 0 Å². The largest absolute Gasteiger partial charge is 0.354 e. The molecule has 3 N–H and O–H groups in total. The minimum Gasteiger partial charge on any atom is -0.354 e. The first-order chi connectivity index (χ1) is 60.5. The van der Waals surface area contributed by atoms with E-state index in [0.717, 1.165) is 0 Å². The van der Waals surface area contributed by atoms with Gasteiger partial charge in [0.05, 0.1) is 49.7 Å². The van der Waals surface area contributed by atoms with Crippen molar-refractivity contribution in [3.63, 3.8) is 0 Å². The quantitative estimate of drug-likeness (QED) is 0.142. The Balaban J connectivity index is 0.000000102. The van der Waals surface area contributed by atoms with Crippen LogP contribution in [0.2, 0.25) is 0 Å². The third-order valence-electron chi connectivity index (χ3n) is 25.7. The first-order valence-corrected chi connectivity index (χ1v) is 42.0. The van der Waals surface area contributed by atoms with Crippen LogP contribution in [0.25, 0.3) is 246 Å². The van der Waals surface area contributed by atoms with Gasteiger partial charge in [-0.15, -0.1) is 0 Å². The molecule has 6 heterocycles. The molecule has 0 amide bonds. The average molecular weight is 1550 g/mol. The van der Waals surface area contributed by atoms with Gasteiger partial charge in [0, 0.05) is 114 Å². The average Bonchev–Trinajstić information content (AvgIpc) is 1.54. The van der Waals surface area contributed by atoms with Crippen LogP contribution in [0.15, 0.2) is 431 Å². The molecule has 0 saturated heterocycles. The van der Waals surface area contributed by atoms with Gasteiger partial charge >= 0.3 is 0 Å². The molecule has 0 aliphatic heterocycles. The lowest BCUT2D eigenvalue weighted by Crippen LogP contribution is -1.94. The lowest BCUT2D eigenvalue weighted by atomic mass is 9.93. The number of fused-ring (bicyclic) bond motifs is 26. The summed E-state index contributed by atoms with van der Waals surface area (Å²) in [5.41, 5.74) is 27.9. The summed E-state index contributed by atoms with van der Waals surface area (Å²) in [4.78, 5) is 11.0. The number of para-hydroxylation sites is 8. The highest BCUT2D eigenvalue weighted by Gasteiger charge is 2.22. The molecule has 6 aromatic heterocycles. The molecule has 0 spiro atoms. The van der Waals surface area contributed by atoms with Crippen molar-refractivity contribution in [2.75, 3.05) is 0 Å². The number of hydrogen-bond acceptors (Lipinski definition) is 0. The third-order valence-corrected chi connectivity index (χ3v) is 25.7. The number of nitrogens with zero attached hydrogens (tertiary/aromatic N) is 3. The number of rotatable bonds is 7. The van der Waals surface area contributed by atoms with Gasteiger partial charge in [-0.1, -0.05) is 303 Å². The molecule has 0 saturated carbocycles. The lowest BCUT2D eigenvalue weighted by molar-refractivity contribution is 1.18. The summed E-state index contributed by atoms with van der Waals surface area (Å²) < 4.78 is 7.18. The molecule has 27 aromatic rings. The Kier molecular flexibility index (Phi) is 15.6. The molecule has 21 aromatic carbocycles. The zero-order valence-corrected chi connectivity index (χ0v) is 66.3. The molecule has 0 atom stereocenters. The van der Waals surface area contributed by atoms with Crippen LogP contribution >= 0.6 is 0 Å². The van der Waals surface area contributed by atoms with E-state index in [1.165, 1.54) is 246 Å². The number of aromatic amines is 3. The molecular weight excluding hydrogens is 1480 g/mol. The van der Waals surface area contributed by atoms with E-state index in [4.69, 9.17) is 0 Å². The van der Waals surface area contributed by atoms with E-state index in [9.17, 15) is 0 Å². The highest BCUT2D eigenvalue weighted by Crippen LogP contribution is 2.46. The topological polar surface area (TPSA) is 62.2 Å². The van der Waals surface area contributed by atoms with Gasteiger partial charge in [0.15, 0.2) is 0 Å². The summed E-state index contributed by atoms with van der Waals surface area (Å²) >= 11 is 0. The molecule has 6 nitrogen and oxygen atoms in total. The molecule has 0 unspecified atom stereocenters. The van der Waals surface area contributed by atoms with Crippen molar-refractivity contribution in [3.8, 4) is 61.6 Å². The maximum Gasteiger partial charge on any atom is 0.0547 e. The van der Waals surface area contributed by atoms with E-state index in [1.54, 1.807) is 0 Å². The summed E-state index contributed by atoms with van der Waals surface area (Å²) in [6.07, 6.45) is 0. The van der Waals surface area contributed by atoms with Crippen molar-refractivity contribution in [1.29, 1.82) is 0 Å². The molecule has 0 bridgehead atoms. The van der Waals surface area contributed by atoms with Crippen LogP contribution < -0.4 is 0 Å². The van der Waals surface area contributed by atoms with Crippen LogP contribution in [-0.4, -0.2) is 28.7 Å². The summed E-state index contributed by atoms with van der Waals surface area (Å²) in [5, 5.41) is 27.8. The second-order valence-electron chi connectivity index (χ2n) is 32.4. The third kappa shape index (κ3) is 11.0. The minimum atomic E-state index is 1.17. The maximum atomic E-state index is 3.69. The highest BCUT2D eigenvalue weighted by atomic mass is 15.0. The summed E-state index contributed by atoms with van der Waals surface area (Å²) in [6, 6.07) is 157. The van der Waals surface area contributed by atoms with Gasteiger partial charge in [-0.25, -0.2) is 0 Å². The monoisotopic (exact) mass is 1550 g/mol. The maximum absolute atomic E-state index is 3.69. The van der Waals surface area contributed by atoms with Crippen molar-refractivity contribution in [3.05, 3.63) is 431 Å². The number of H-pyrrole nitrogens is 3. The molecule has 6 heteroatoms. The SMILES string of the molecule is c1ccc(-n2c3ccccc3c3cc(-c4ccc5cc(-c6cc7c8ccccc8[nH]c7c7ccccc67)ccc5c4)ccc32)cc1.c1ccc(-n2c3ccccc3c3ccc(-c4cc5c6ccccc6[nH]c5c5ccccc45)cc32)cc1.c1ccc2cc(-n3c4ccccc4c4ccc(-c5cc6c7ccccc7[nH]c6c6ccccc56)cc43)ccc2c1. The molecular formula is C116H74N6. The fourth-order valence-corrected chi connectivity index (χ4v) is 20.1. The van der Waals surface area contributed by atoms with Gasteiger partial charge in [-0.2, -0.15) is 0 Å². The summed E-state index contributed by atoms with van der Waals surface area (Å²) in [5.74, 6) is 0. The van der Waals surface area contributed by atoms with Crippen LogP contribution in [-0.2, 0) is 0 Å². The van der Waals surface area contributed by atoms with Crippen LogP contribution in [0, 0.1) is 0 Å².